The zero-order chi connectivity index (χ0) is 21.8. The molecule has 0 heterocycles. The van der Waals surface area contributed by atoms with Gasteiger partial charge >= 0.3 is 6.09 Å². The van der Waals surface area contributed by atoms with Gasteiger partial charge in [0.15, 0.2) is 5.37 Å². The van der Waals surface area contributed by atoms with Gasteiger partial charge in [0.05, 0.1) is 6.07 Å². The number of nitrogens with zero attached hydrogens (tertiary/aromatic N) is 1. The number of benzene rings is 2. The van der Waals surface area contributed by atoms with Crippen molar-refractivity contribution in [3.8, 4) is 6.07 Å². The first-order chi connectivity index (χ1) is 14.5. The molecule has 0 fully saturated rings. The molecule has 4 N–H and O–H groups in total. The Morgan fingerprint density at radius 3 is 2.47 bits per heavy atom. The summed E-state index contributed by atoms with van der Waals surface area (Å²) in [5, 5.41) is 24.7. The van der Waals surface area contributed by atoms with Gasteiger partial charge in [-0.05, 0) is 23.3 Å². The number of thioether (sulfide) groups is 1. The Morgan fingerprint density at radius 2 is 1.77 bits per heavy atom. The molecule has 156 valence electrons. The molecule has 3 amide bonds. The molecule has 0 bridgehead atoms. The van der Waals surface area contributed by atoms with Crippen molar-refractivity contribution in [3.05, 3.63) is 71.3 Å². The normalized spacial score (nSPS) is 11.0. The molecule has 0 unspecified atom stereocenters. The minimum Gasteiger partial charge on any atom is -0.465 e. The van der Waals surface area contributed by atoms with Crippen molar-refractivity contribution in [2.24, 2.45) is 0 Å². The Bertz CT molecular complexity index is 915. The molecule has 9 heteroatoms. The summed E-state index contributed by atoms with van der Waals surface area (Å²) in [7, 11) is 0. The van der Waals surface area contributed by atoms with Gasteiger partial charge in [-0.1, -0.05) is 42.5 Å². The van der Waals surface area contributed by atoms with E-state index in [1.54, 1.807) is 24.3 Å². The maximum absolute atomic E-state index is 12.2. The van der Waals surface area contributed by atoms with Gasteiger partial charge in [-0.2, -0.15) is 5.26 Å². The van der Waals surface area contributed by atoms with E-state index < -0.39 is 11.5 Å². The average molecular weight is 426 g/mol. The van der Waals surface area contributed by atoms with E-state index in [0.29, 0.717) is 16.9 Å². The molecule has 0 aromatic heterocycles. The molecule has 30 heavy (non-hydrogen) atoms. The molecular weight excluding hydrogens is 404 g/mol. The summed E-state index contributed by atoms with van der Waals surface area (Å²) in [6.45, 7) is 0.207. The largest absolute Gasteiger partial charge is 0.465 e. The molecule has 1 atom stereocenters. The highest BCUT2D eigenvalue weighted by atomic mass is 32.2. The predicted molar refractivity (Wildman–Crippen MR) is 114 cm³/mol. The Kier molecular flexibility index (Phi) is 9.21. The lowest BCUT2D eigenvalue weighted by Gasteiger charge is -2.12. The monoisotopic (exact) mass is 426 g/mol. The minimum atomic E-state index is -1.14. The molecule has 0 saturated heterocycles. The zero-order valence-corrected chi connectivity index (χ0v) is 16.9. The third-order valence-electron chi connectivity index (χ3n) is 3.94. The van der Waals surface area contributed by atoms with Crippen LogP contribution in [0.5, 0.6) is 0 Å². The van der Waals surface area contributed by atoms with Gasteiger partial charge in [0.25, 0.3) is 5.91 Å². The van der Waals surface area contributed by atoms with Crippen LogP contribution in [0, 0.1) is 11.3 Å². The summed E-state index contributed by atoms with van der Waals surface area (Å²) >= 11 is 1.32. The third kappa shape index (κ3) is 8.24. The molecule has 2 rings (SSSR count). The van der Waals surface area contributed by atoms with Crippen LogP contribution < -0.4 is 16.0 Å². The third-order valence-corrected chi connectivity index (χ3v) is 5.00. The second-order valence-electron chi connectivity index (χ2n) is 6.24. The molecule has 0 aliphatic heterocycles. The Morgan fingerprint density at radius 1 is 1.03 bits per heavy atom. The van der Waals surface area contributed by atoms with Crippen LogP contribution in [0.1, 0.15) is 27.9 Å². The van der Waals surface area contributed by atoms with Crippen LogP contribution in [0.3, 0.4) is 0 Å². The van der Waals surface area contributed by atoms with Gasteiger partial charge in [-0.15, -0.1) is 11.8 Å². The van der Waals surface area contributed by atoms with E-state index in [-0.39, 0.29) is 31.3 Å². The van der Waals surface area contributed by atoms with Crippen LogP contribution in [0.15, 0.2) is 54.6 Å². The lowest BCUT2D eigenvalue weighted by molar-refractivity contribution is -0.120. The van der Waals surface area contributed by atoms with Crippen molar-refractivity contribution in [1.82, 2.24) is 16.0 Å². The van der Waals surface area contributed by atoms with Crippen LogP contribution in [0.25, 0.3) is 0 Å². The van der Waals surface area contributed by atoms with Crippen LogP contribution in [0.4, 0.5) is 4.79 Å². The molecule has 0 aliphatic rings. The summed E-state index contributed by atoms with van der Waals surface area (Å²) < 4.78 is 0. The first-order valence-electron chi connectivity index (χ1n) is 9.16. The fraction of sp³-hybridized carbons (Fsp3) is 0.238. The number of carbonyl (C=O) groups is 3. The molecule has 0 spiro atoms. The minimum absolute atomic E-state index is 0.0378. The number of hydrogen-bond acceptors (Lipinski definition) is 5. The van der Waals surface area contributed by atoms with Crippen molar-refractivity contribution in [1.29, 1.82) is 5.26 Å². The SMILES string of the molecule is N#C[C@H](NC(=O)CCNC(=O)c1cccc(CNC(=O)O)c1)SCc1ccccc1. The first kappa shape index (κ1) is 22.8. The fourth-order valence-electron chi connectivity index (χ4n) is 2.48. The highest BCUT2D eigenvalue weighted by Crippen LogP contribution is 2.15. The average Bonchev–Trinajstić information content (AvgIpc) is 2.76. The van der Waals surface area contributed by atoms with E-state index in [9.17, 15) is 19.6 Å². The van der Waals surface area contributed by atoms with Gasteiger partial charge in [0.2, 0.25) is 5.91 Å². The number of rotatable bonds is 10. The smallest absolute Gasteiger partial charge is 0.404 e. The van der Waals surface area contributed by atoms with Crippen LogP contribution in [-0.4, -0.2) is 34.9 Å². The van der Waals surface area contributed by atoms with E-state index in [1.165, 1.54) is 11.8 Å². The number of hydrogen-bond donors (Lipinski definition) is 4. The maximum atomic E-state index is 12.2. The zero-order valence-electron chi connectivity index (χ0n) is 16.1. The van der Waals surface area contributed by atoms with Crippen molar-refractivity contribution in [2.75, 3.05) is 6.54 Å². The van der Waals surface area contributed by atoms with Crippen LogP contribution in [-0.2, 0) is 17.1 Å². The van der Waals surface area contributed by atoms with Gasteiger partial charge < -0.3 is 21.1 Å². The molecule has 8 nitrogen and oxygen atoms in total. The topological polar surface area (TPSA) is 131 Å². The van der Waals surface area contributed by atoms with Crippen LogP contribution >= 0.6 is 11.8 Å². The second-order valence-corrected chi connectivity index (χ2v) is 7.33. The van der Waals surface area contributed by atoms with Crippen molar-refractivity contribution < 1.29 is 19.5 Å². The van der Waals surface area contributed by atoms with E-state index in [0.717, 1.165) is 5.56 Å². The number of nitrogens with one attached hydrogen (secondary N) is 3. The van der Waals surface area contributed by atoms with Gasteiger partial charge in [0.1, 0.15) is 0 Å². The van der Waals surface area contributed by atoms with E-state index in [1.807, 2.05) is 30.3 Å². The Hall–Kier alpha value is -3.51. The Balaban J connectivity index is 1.74. The summed E-state index contributed by atoms with van der Waals surface area (Å²) in [5.41, 5.74) is 2.08. The molecular formula is C21H22N4O4S. The Labute approximate surface area is 178 Å². The van der Waals surface area contributed by atoms with Gasteiger partial charge in [0, 0.05) is 30.8 Å². The van der Waals surface area contributed by atoms with E-state index >= 15 is 0 Å². The molecule has 2 aromatic rings. The summed E-state index contributed by atoms with van der Waals surface area (Å²) in [4.78, 5) is 34.8. The van der Waals surface area contributed by atoms with Crippen LogP contribution in [0.2, 0.25) is 0 Å². The summed E-state index contributed by atoms with van der Waals surface area (Å²) in [6, 6.07) is 18.2. The highest BCUT2D eigenvalue weighted by Gasteiger charge is 2.13. The number of carboxylic acid groups (broad SMARTS) is 1. The van der Waals surface area contributed by atoms with E-state index in [4.69, 9.17) is 5.11 Å². The molecule has 0 aliphatic carbocycles. The van der Waals surface area contributed by atoms with Crippen molar-refractivity contribution in [2.45, 2.75) is 24.1 Å². The standard InChI is InChI=1S/C21H22N4O4S/c22-12-19(30-14-15-5-2-1-3-6-15)25-18(26)9-10-23-20(27)17-8-4-7-16(11-17)13-24-21(28)29/h1-8,11,19,24H,9-10,13-14H2,(H,23,27)(H,25,26)(H,28,29)/t19-/m1/s1. The first-order valence-corrected chi connectivity index (χ1v) is 10.2. The maximum Gasteiger partial charge on any atom is 0.404 e. The lowest BCUT2D eigenvalue weighted by Crippen LogP contribution is -2.35. The number of amides is 3. The summed E-state index contributed by atoms with van der Waals surface area (Å²) in [6.07, 6.45) is -1.11. The molecule has 2 aromatic carbocycles. The van der Waals surface area contributed by atoms with E-state index in [2.05, 4.69) is 22.0 Å². The molecule has 0 saturated carbocycles. The number of nitriles is 1. The lowest BCUT2D eigenvalue weighted by atomic mass is 10.1. The van der Waals surface area contributed by atoms with Crippen molar-refractivity contribution >= 4 is 29.7 Å². The van der Waals surface area contributed by atoms with Gasteiger partial charge in [-0.3, -0.25) is 9.59 Å². The number of carbonyl (C=O) groups excluding carboxylic acids is 2. The van der Waals surface area contributed by atoms with Crippen molar-refractivity contribution in [3.63, 3.8) is 0 Å². The highest BCUT2D eigenvalue weighted by molar-refractivity contribution is 7.99. The predicted octanol–water partition coefficient (Wildman–Crippen LogP) is 2.47. The summed E-state index contributed by atoms with van der Waals surface area (Å²) in [5.74, 6) is -0.0968. The van der Waals surface area contributed by atoms with Gasteiger partial charge in [-0.25, -0.2) is 4.79 Å². The quantitative estimate of drug-likeness (QED) is 0.432. The second kappa shape index (κ2) is 12.1. The molecule has 0 radical (unpaired) electrons. The fourth-order valence-corrected chi connectivity index (χ4v) is 3.32.